The first-order chi connectivity index (χ1) is 19.8. The summed E-state index contributed by atoms with van der Waals surface area (Å²) in [6.07, 6.45) is 3.69. The summed E-state index contributed by atoms with van der Waals surface area (Å²) in [6, 6.07) is 6.70. The second-order valence-corrected chi connectivity index (χ2v) is 12.4. The van der Waals surface area contributed by atoms with Gasteiger partial charge in [-0.15, -0.1) is 11.3 Å². The molecule has 9 nitrogen and oxygen atoms in total. The number of thiazole rings is 1. The number of rotatable bonds is 8. The maximum absolute atomic E-state index is 14.2. The van der Waals surface area contributed by atoms with Gasteiger partial charge in [0, 0.05) is 30.9 Å². The minimum Gasteiger partial charge on any atom is -0.489 e. The molecule has 2 atom stereocenters. The SMILES string of the molecule is CCOc1c(N2C[C@H]3CC[C@]2(OC(=O)c2c(-c4c(Cl)cccc4Cl)noc2C2CC2)C3)c(C(=O)O)cc2scnc12. The lowest BCUT2D eigenvalue weighted by atomic mass is 10.0. The Kier molecular flexibility index (Phi) is 6.40. The standard InChI is InChI=1S/C29H25Cl2N3O6S/c1-2-38-26-22-19(41-13-32-22)10-16(27(35)36)24(26)34-12-14-8-9-29(34,11-14)39-28(37)21-23(33-40-25(21)15-6-7-15)20-17(30)4-3-5-18(20)31/h3-5,10,13-15H,2,6-9,11-12H2,1H3,(H,35,36)/t14-,29-/m0/s1. The molecule has 2 saturated carbocycles. The van der Waals surface area contributed by atoms with Crippen molar-refractivity contribution < 1.29 is 28.7 Å². The van der Waals surface area contributed by atoms with Gasteiger partial charge in [-0.1, -0.05) is 34.4 Å². The lowest BCUT2D eigenvalue weighted by molar-refractivity contribution is -0.0112. The van der Waals surface area contributed by atoms with E-state index >= 15 is 0 Å². The van der Waals surface area contributed by atoms with Crippen LogP contribution in [-0.4, -0.2) is 46.1 Å². The van der Waals surface area contributed by atoms with Gasteiger partial charge >= 0.3 is 11.9 Å². The van der Waals surface area contributed by atoms with Crippen LogP contribution in [0.15, 0.2) is 34.3 Å². The third kappa shape index (κ3) is 4.26. The largest absolute Gasteiger partial charge is 0.489 e. The summed E-state index contributed by atoms with van der Waals surface area (Å²) in [5.74, 6) is -0.570. The Labute approximate surface area is 248 Å². The Balaban J connectivity index is 1.34. The summed E-state index contributed by atoms with van der Waals surface area (Å²) < 4.78 is 18.9. The van der Waals surface area contributed by atoms with Crippen LogP contribution >= 0.6 is 34.5 Å². The Hall–Kier alpha value is -3.34. The summed E-state index contributed by atoms with van der Waals surface area (Å²) in [5, 5.41) is 15.2. The number of aromatic carboxylic acids is 1. The third-order valence-electron chi connectivity index (χ3n) is 8.18. The van der Waals surface area contributed by atoms with Crippen LogP contribution in [-0.2, 0) is 4.74 Å². The highest BCUT2D eigenvalue weighted by Crippen LogP contribution is 2.54. The molecule has 2 aromatic carbocycles. The molecule has 4 aromatic rings. The van der Waals surface area contributed by atoms with Gasteiger partial charge < -0.3 is 24.0 Å². The molecule has 212 valence electrons. The minimum absolute atomic E-state index is 0.0591. The van der Waals surface area contributed by atoms with Gasteiger partial charge in [0.05, 0.1) is 38.1 Å². The molecule has 3 heterocycles. The second kappa shape index (κ2) is 9.89. The first-order valence-electron chi connectivity index (χ1n) is 13.5. The summed E-state index contributed by atoms with van der Waals surface area (Å²) in [7, 11) is 0. The zero-order valence-electron chi connectivity index (χ0n) is 22.0. The van der Waals surface area contributed by atoms with Crippen LogP contribution in [0.1, 0.15) is 71.4 Å². The number of carboxylic acid groups (broad SMARTS) is 1. The molecule has 1 N–H and O–H groups in total. The van der Waals surface area contributed by atoms with Gasteiger partial charge in [-0.2, -0.15) is 0 Å². The van der Waals surface area contributed by atoms with Gasteiger partial charge in [0.25, 0.3) is 0 Å². The van der Waals surface area contributed by atoms with Crippen molar-refractivity contribution in [2.45, 2.75) is 50.7 Å². The smallest absolute Gasteiger partial charge is 0.346 e. The Morgan fingerprint density at radius 3 is 2.71 bits per heavy atom. The van der Waals surface area contributed by atoms with Crippen molar-refractivity contribution in [2.75, 3.05) is 18.1 Å². The number of carboxylic acids is 1. The van der Waals surface area contributed by atoms with Gasteiger partial charge in [-0.25, -0.2) is 14.6 Å². The fourth-order valence-electron chi connectivity index (χ4n) is 6.27. The van der Waals surface area contributed by atoms with Crippen LogP contribution in [0.2, 0.25) is 10.0 Å². The number of nitrogens with zero attached hydrogens (tertiary/aromatic N) is 3. The van der Waals surface area contributed by atoms with Crippen LogP contribution in [0.3, 0.4) is 0 Å². The second-order valence-electron chi connectivity index (χ2n) is 10.7. The number of ether oxygens (including phenoxy) is 2. The number of esters is 1. The first kappa shape index (κ1) is 26.6. The van der Waals surface area contributed by atoms with Gasteiger partial charge in [0.1, 0.15) is 16.8 Å². The third-order valence-corrected chi connectivity index (χ3v) is 9.59. The van der Waals surface area contributed by atoms with E-state index in [9.17, 15) is 14.7 Å². The average molecular weight is 615 g/mol. The van der Waals surface area contributed by atoms with Crippen molar-refractivity contribution in [3.63, 3.8) is 0 Å². The number of hydrogen-bond donors (Lipinski definition) is 1. The van der Waals surface area contributed by atoms with Crippen LogP contribution in [0.5, 0.6) is 5.75 Å². The Bertz CT molecular complexity index is 1700. The number of halogens is 2. The van der Waals surface area contributed by atoms with Crippen molar-refractivity contribution in [1.82, 2.24) is 10.1 Å². The molecule has 0 radical (unpaired) electrons. The molecule has 3 aliphatic rings. The molecule has 2 aromatic heterocycles. The maximum atomic E-state index is 14.2. The molecule has 7 rings (SSSR count). The highest BCUT2D eigenvalue weighted by atomic mass is 35.5. The van der Waals surface area contributed by atoms with E-state index in [-0.39, 0.29) is 28.7 Å². The molecule has 1 aliphatic heterocycles. The molecular formula is C29H25Cl2N3O6S. The predicted octanol–water partition coefficient (Wildman–Crippen LogP) is 7.41. The zero-order chi connectivity index (χ0) is 28.5. The molecule has 0 amide bonds. The highest BCUT2D eigenvalue weighted by Gasteiger charge is 2.56. The molecule has 3 fully saturated rings. The molecular weight excluding hydrogens is 589 g/mol. The molecule has 12 heteroatoms. The highest BCUT2D eigenvalue weighted by molar-refractivity contribution is 7.16. The average Bonchev–Trinajstić information content (AvgIpc) is 3.27. The summed E-state index contributed by atoms with van der Waals surface area (Å²) in [4.78, 5) is 33.1. The van der Waals surface area contributed by atoms with Gasteiger partial charge in [-0.05, 0) is 50.3 Å². The Morgan fingerprint density at radius 1 is 1.24 bits per heavy atom. The number of carbonyl (C=O) groups excluding carboxylic acids is 1. The number of fused-ring (bicyclic) bond motifs is 3. The molecule has 0 unspecified atom stereocenters. The Morgan fingerprint density at radius 2 is 2.02 bits per heavy atom. The molecule has 2 bridgehead atoms. The quantitative estimate of drug-likeness (QED) is 0.203. The van der Waals surface area contributed by atoms with Gasteiger partial charge in [-0.3, -0.25) is 0 Å². The molecule has 2 aliphatic carbocycles. The van der Waals surface area contributed by atoms with Crippen LogP contribution in [0.4, 0.5) is 5.69 Å². The van der Waals surface area contributed by atoms with E-state index in [1.54, 1.807) is 29.8 Å². The van der Waals surface area contributed by atoms with E-state index in [0.29, 0.717) is 69.0 Å². The van der Waals surface area contributed by atoms with Crippen molar-refractivity contribution in [3.05, 3.63) is 56.7 Å². The van der Waals surface area contributed by atoms with Gasteiger partial charge in [0.15, 0.2) is 17.2 Å². The molecule has 0 spiro atoms. The van der Waals surface area contributed by atoms with Crippen LogP contribution in [0, 0.1) is 5.92 Å². The van der Waals surface area contributed by atoms with Crippen molar-refractivity contribution >= 4 is 62.4 Å². The molecule has 1 saturated heterocycles. The topological polar surface area (TPSA) is 115 Å². The number of anilines is 1. The zero-order valence-corrected chi connectivity index (χ0v) is 24.3. The number of piperidine rings is 1. The van der Waals surface area contributed by atoms with E-state index in [4.69, 9.17) is 37.2 Å². The summed E-state index contributed by atoms with van der Waals surface area (Å²) in [6.45, 7) is 2.68. The fourth-order valence-corrected chi connectivity index (χ4v) is 7.56. The van der Waals surface area contributed by atoms with E-state index in [1.807, 2.05) is 11.8 Å². The molecule has 41 heavy (non-hydrogen) atoms. The predicted molar refractivity (Wildman–Crippen MR) is 155 cm³/mol. The minimum atomic E-state index is -1.09. The van der Waals surface area contributed by atoms with E-state index in [0.717, 1.165) is 19.3 Å². The van der Waals surface area contributed by atoms with Crippen LogP contribution in [0.25, 0.3) is 21.5 Å². The van der Waals surface area contributed by atoms with E-state index in [1.165, 1.54) is 11.3 Å². The van der Waals surface area contributed by atoms with Crippen LogP contribution < -0.4 is 9.64 Å². The fraction of sp³-hybridized carbons (Fsp3) is 0.379. The lowest BCUT2D eigenvalue weighted by Crippen LogP contribution is -2.49. The summed E-state index contributed by atoms with van der Waals surface area (Å²) >= 11 is 14.4. The van der Waals surface area contributed by atoms with Crippen molar-refractivity contribution in [1.29, 1.82) is 0 Å². The number of hydrogen-bond acceptors (Lipinski definition) is 9. The number of carbonyl (C=O) groups is 2. The number of benzene rings is 2. The lowest BCUT2D eigenvalue weighted by Gasteiger charge is -2.40. The van der Waals surface area contributed by atoms with Crippen molar-refractivity contribution in [3.8, 4) is 17.0 Å². The van der Waals surface area contributed by atoms with E-state index in [2.05, 4.69) is 10.1 Å². The van der Waals surface area contributed by atoms with E-state index < -0.39 is 17.7 Å². The normalized spacial score (nSPS) is 21.5. The maximum Gasteiger partial charge on any atom is 0.346 e. The van der Waals surface area contributed by atoms with Gasteiger partial charge in [0.2, 0.25) is 0 Å². The van der Waals surface area contributed by atoms with Crippen molar-refractivity contribution in [2.24, 2.45) is 5.92 Å². The summed E-state index contributed by atoms with van der Waals surface area (Å²) in [5.41, 5.74) is 2.51. The monoisotopic (exact) mass is 613 g/mol. The first-order valence-corrected chi connectivity index (χ1v) is 15.2. The number of aromatic nitrogens is 2.